The Kier molecular flexibility index (Phi) is 7.83. The Morgan fingerprint density at radius 3 is 2.44 bits per heavy atom. The highest BCUT2D eigenvalue weighted by atomic mass is 19.4. The summed E-state index contributed by atoms with van der Waals surface area (Å²) in [6.07, 6.45) is 2.95. The fraction of sp³-hybridized carbons (Fsp3) is 0.577. The first-order chi connectivity index (χ1) is 18.6. The lowest BCUT2D eigenvalue weighted by molar-refractivity contribution is -0.389. The quantitative estimate of drug-likeness (QED) is 0.364. The average Bonchev–Trinajstić information content (AvgIpc) is 3.40. The molecule has 0 radical (unpaired) electrons. The fourth-order valence-corrected chi connectivity index (χ4v) is 5.71. The molecular weight excluding hydrogens is 517 g/mol. The predicted molar refractivity (Wildman–Crippen MR) is 138 cm³/mol. The Morgan fingerprint density at radius 1 is 1.13 bits per heavy atom. The minimum Gasteiger partial charge on any atom is -0.436 e. The molecule has 5 rings (SSSR count). The lowest BCUT2D eigenvalue weighted by Crippen LogP contribution is -2.56. The van der Waals surface area contributed by atoms with Gasteiger partial charge in [0.15, 0.2) is 0 Å². The third-order valence-corrected chi connectivity index (χ3v) is 7.58. The number of piperazine rings is 1. The van der Waals surface area contributed by atoms with E-state index in [1.54, 1.807) is 16.7 Å². The molecule has 1 aromatic heterocycles. The molecule has 4 heterocycles. The van der Waals surface area contributed by atoms with Crippen molar-refractivity contribution in [2.45, 2.75) is 44.3 Å². The fourth-order valence-electron chi connectivity index (χ4n) is 5.71. The van der Waals surface area contributed by atoms with Gasteiger partial charge in [-0.2, -0.15) is 0 Å². The van der Waals surface area contributed by atoms with Gasteiger partial charge in [-0.3, -0.25) is 19.3 Å². The van der Waals surface area contributed by atoms with Crippen LogP contribution in [0.15, 0.2) is 36.5 Å². The molecule has 10 nitrogen and oxygen atoms in total. The van der Waals surface area contributed by atoms with Gasteiger partial charge in [-0.25, -0.2) is 0 Å². The molecule has 0 saturated carbocycles. The molecule has 0 N–H and O–H groups in total. The van der Waals surface area contributed by atoms with E-state index in [1.807, 2.05) is 13.0 Å². The van der Waals surface area contributed by atoms with Crippen LogP contribution in [0.5, 0.6) is 11.8 Å². The third kappa shape index (κ3) is 7.08. The van der Waals surface area contributed by atoms with Gasteiger partial charge < -0.3 is 19.6 Å². The maximum absolute atomic E-state index is 12.3. The first kappa shape index (κ1) is 27.4. The molecule has 0 aliphatic carbocycles. The third-order valence-electron chi connectivity index (χ3n) is 7.58. The van der Waals surface area contributed by atoms with Crippen LogP contribution in [0.3, 0.4) is 0 Å². The molecule has 1 aromatic carbocycles. The Balaban J connectivity index is 1.00. The Labute approximate surface area is 224 Å². The summed E-state index contributed by atoms with van der Waals surface area (Å²) >= 11 is 0. The van der Waals surface area contributed by atoms with E-state index in [0.717, 1.165) is 70.8 Å². The number of fused-ring (bicyclic) bond motifs is 1. The molecule has 39 heavy (non-hydrogen) atoms. The van der Waals surface area contributed by atoms with Gasteiger partial charge in [0.2, 0.25) is 0 Å². The molecule has 2 saturated heterocycles. The first-order valence-corrected chi connectivity index (χ1v) is 13.2. The molecule has 13 heteroatoms. The predicted octanol–water partition coefficient (Wildman–Crippen LogP) is 3.64. The zero-order valence-corrected chi connectivity index (χ0v) is 21.8. The van der Waals surface area contributed by atoms with Crippen LogP contribution in [0.2, 0.25) is 0 Å². The number of aromatic nitrogens is 2. The number of imidazole rings is 1. The number of likely N-dealkylation sites (tertiary alicyclic amines) is 1. The number of halogens is 3. The van der Waals surface area contributed by atoms with Crippen LogP contribution in [-0.2, 0) is 6.54 Å². The minimum atomic E-state index is -4.68. The maximum atomic E-state index is 12.3. The highest BCUT2D eigenvalue weighted by Gasteiger charge is 2.42. The number of ether oxygens (including phenoxy) is 2. The summed E-state index contributed by atoms with van der Waals surface area (Å²) < 4.78 is 48.5. The molecule has 2 fully saturated rings. The lowest BCUT2D eigenvalue weighted by atomic mass is 10.0. The van der Waals surface area contributed by atoms with Gasteiger partial charge in [0.1, 0.15) is 17.5 Å². The monoisotopic (exact) mass is 550 g/mol. The van der Waals surface area contributed by atoms with E-state index < -0.39 is 16.9 Å². The van der Waals surface area contributed by atoms with E-state index in [4.69, 9.17) is 4.74 Å². The van der Waals surface area contributed by atoms with Crippen molar-refractivity contribution in [3.8, 4) is 11.8 Å². The zero-order chi connectivity index (χ0) is 27.6. The molecular formula is C26H33F3N6O4. The summed E-state index contributed by atoms with van der Waals surface area (Å²) in [6, 6.07) is 6.76. The van der Waals surface area contributed by atoms with Crippen LogP contribution >= 0.6 is 0 Å². The summed E-state index contributed by atoms with van der Waals surface area (Å²) in [5.74, 6) is -0.402. The van der Waals surface area contributed by atoms with E-state index in [-0.39, 0.29) is 11.6 Å². The summed E-state index contributed by atoms with van der Waals surface area (Å²) in [4.78, 5) is 21.8. The van der Waals surface area contributed by atoms with Crippen molar-refractivity contribution in [2.75, 3.05) is 52.4 Å². The number of benzene rings is 1. The number of piperidine rings is 1. The normalized spacial score (nSPS) is 23.7. The van der Waals surface area contributed by atoms with E-state index in [1.165, 1.54) is 18.3 Å². The molecule has 3 aliphatic heterocycles. The van der Waals surface area contributed by atoms with E-state index in [2.05, 4.69) is 30.5 Å². The number of alkyl halides is 3. The van der Waals surface area contributed by atoms with Crippen LogP contribution in [0, 0.1) is 10.1 Å². The van der Waals surface area contributed by atoms with Crippen molar-refractivity contribution in [3.63, 3.8) is 0 Å². The highest BCUT2D eigenvalue weighted by Crippen LogP contribution is 2.32. The number of hydrogen-bond donors (Lipinski definition) is 0. The standard InChI is InChI=1S/C26H33F3N6O4/c1-25(19-34-17-23(35(36)37)30-24(34)39-25)18-32-13-15-33(16-14-32)21-8-11-31(12-9-21)10-2-3-20-4-6-22(7-5-20)38-26(27,28)29/h2-7,17,21H,8-16,18-19H2,1H3/t25-/m0/s1. The van der Waals surface area contributed by atoms with Crippen molar-refractivity contribution in [2.24, 2.45) is 0 Å². The van der Waals surface area contributed by atoms with Gasteiger partial charge in [0.25, 0.3) is 0 Å². The van der Waals surface area contributed by atoms with Crippen molar-refractivity contribution in [3.05, 3.63) is 52.2 Å². The molecule has 0 bridgehead atoms. The Hall–Kier alpha value is -3.16. The van der Waals surface area contributed by atoms with Gasteiger partial charge in [-0.05, 0) is 55.5 Å². The van der Waals surface area contributed by atoms with Crippen LogP contribution in [0.4, 0.5) is 19.0 Å². The van der Waals surface area contributed by atoms with Crippen LogP contribution in [-0.4, -0.2) is 99.5 Å². The number of hydrogen-bond acceptors (Lipinski definition) is 8. The summed E-state index contributed by atoms with van der Waals surface area (Å²) in [5, 5.41) is 10.9. The highest BCUT2D eigenvalue weighted by molar-refractivity contribution is 5.50. The second kappa shape index (κ2) is 11.1. The summed E-state index contributed by atoms with van der Waals surface area (Å²) in [7, 11) is 0. The van der Waals surface area contributed by atoms with E-state index in [0.29, 0.717) is 18.6 Å². The summed E-state index contributed by atoms with van der Waals surface area (Å²) in [6.45, 7) is 10.1. The van der Waals surface area contributed by atoms with Crippen molar-refractivity contribution in [1.29, 1.82) is 0 Å². The molecule has 0 spiro atoms. The van der Waals surface area contributed by atoms with Gasteiger partial charge in [0, 0.05) is 50.3 Å². The topological polar surface area (TPSA) is 89.1 Å². The molecule has 2 aromatic rings. The van der Waals surface area contributed by atoms with E-state index in [9.17, 15) is 23.3 Å². The van der Waals surface area contributed by atoms with Crippen molar-refractivity contribution < 1.29 is 27.6 Å². The number of nitrogens with zero attached hydrogens (tertiary/aromatic N) is 6. The largest absolute Gasteiger partial charge is 0.573 e. The van der Waals surface area contributed by atoms with Crippen molar-refractivity contribution in [1.82, 2.24) is 24.3 Å². The van der Waals surface area contributed by atoms with Crippen LogP contribution < -0.4 is 9.47 Å². The van der Waals surface area contributed by atoms with Gasteiger partial charge >= 0.3 is 18.2 Å². The first-order valence-electron chi connectivity index (χ1n) is 13.2. The second-order valence-corrected chi connectivity index (χ2v) is 10.7. The second-order valence-electron chi connectivity index (χ2n) is 10.7. The SMILES string of the molecule is C[C@]1(CN2CCN(C3CCN(CC=Cc4ccc(OC(F)(F)F)cc4)CC3)CC2)Cn2cc([N+](=O)[O-])nc2O1. The molecule has 1 atom stereocenters. The molecule has 0 unspecified atom stereocenters. The van der Waals surface area contributed by atoms with Crippen molar-refractivity contribution >= 4 is 11.9 Å². The van der Waals surface area contributed by atoms with Crippen LogP contribution in [0.25, 0.3) is 6.08 Å². The van der Waals surface area contributed by atoms with Gasteiger partial charge in [0.05, 0.1) is 6.54 Å². The molecule has 212 valence electrons. The number of rotatable bonds is 8. The summed E-state index contributed by atoms with van der Waals surface area (Å²) in [5.41, 5.74) is 0.387. The average molecular weight is 551 g/mol. The smallest absolute Gasteiger partial charge is 0.436 e. The zero-order valence-electron chi connectivity index (χ0n) is 21.8. The minimum absolute atomic E-state index is 0.184. The van der Waals surface area contributed by atoms with Crippen LogP contribution in [0.1, 0.15) is 25.3 Å². The van der Waals surface area contributed by atoms with Gasteiger partial charge in [-0.1, -0.05) is 24.3 Å². The molecule has 3 aliphatic rings. The van der Waals surface area contributed by atoms with E-state index >= 15 is 0 Å². The van der Waals surface area contributed by atoms with Gasteiger partial charge in [-0.15, -0.1) is 13.2 Å². The Bertz CT molecular complexity index is 1150. The molecule has 0 amide bonds. The maximum Gasteiger partial charge on any atom is 0.573 e. The Morgan fingerprint density at radius 2 is 1.82 bits per heavy atom. The number of nitro groups is 1. The lowest BCUT2D eigenvalue weighted by Gasteiger charge is -2.43.